The van der Waals surface area contributed by atoms with E-state index >= 15 is 0 Å². The first-order valence-electron chi connectivity index (χ1n) is 6.79. The van der Waals surface area contributed by atoms with Gasteiger partial charge in [0.05, 0.1) is 13.2 Å². The molecule has 4 nitrogen and oxygen atoms in total. The molecule has 0 aliphatic heterocycles. The summed E-state index contributed by atoms with van der Waals surface area (Å²) in [4.78, 5) is 0. The molecule has 0 amide bonds. The maximum atomic E-state index is 8.44. The Morgan fingerprint density at radius 1 is 1.35 bits per heavy atom. The quantitative estimate of drug-likeness (QED) is 0.526. The fourth-order valence-electron chi connectivity index (χ4n) is 1.70. The molecule has 0 radical (unpaired) electrons. The highest BCUT2D eigenvalue weighted by Crippen LogP contribution is 2.17. The summed E-state index contributed by atoms with van der Waals surface area (Å²) in [6.07, 6.45) is 2.74. The summed E-state index contributed by atoms with van der Waals surface area (Å²) in [5, 5.41) is 11.8. The predicted octanol–water partition coefficient (Wildman–Crippen LogP) is 2.83. The van der Waals surface area contributed by atoms with Crippen LogP contribution >= 0.6 is 0 Å². The summed E-state index contributed by atoms with van der Waals surface area (Å²) in [5.41, 5.74) is 1.18. The van der Waals surface area contributed by atoms with Crippen LogP contribution in [0.4, 0.5) is 0 Å². The molecule has 0 heterocycles. The van der Waals surface area contributed by atoms with Gasteiger partial charge >= 0.3 is 0 Å². The normalized spacial score (nSPS) is 11.6. The van der Waals surface area contributed by atoms with Crippen molar-refractivity contribution < 1.29 is 9.47 Å². The van der Waals surface area contributed by atoms with Gasteiger partial charge in [0.25, 0.3) is 0 Å². The molecular weight excluding hydrogens is 252 g/mol. The van der Waals surface area contributed by atoms with Crippen LogP contribution in [0.25, 0.3) is 0 Å². The second-order valence-corrected chi connectivity index (χ2v) is 4.38. The van der Waals surface area contributed by atoms with E-state index in [9.17, 15) is 0 Å². The van der Waals surface area contributed by atoms with Gasteiger partial charge in [-0.15, -0.1) is 6.58 Å². The highest BCUT2D eigenvalue weighted by Gasteiger charge is 2.04. The Hall–Kier alpha value is -1.83. The molecule has 1 aromatic rings. The van der Waals surface area contributed by atoms with Gasteiger partial charge in [0.15, 0.2) is 6.61 Å². The third-order valence-corrected chi connectivity index (χ3v) is 2.85. The van der Waals surface area contributed by atoms with Gasteiger partial charge in [0.1, 0.15) is 11.8 Å². The number of nitrogens with zero attached hydrogens (tertiary/aromatic N) is 1. The third kappa shape index (κ3) is 6.37. The Balaban J connectivity index is 2.27. The van der Waals surface area contributed by atoms with E-state index in [1.807, 2.05) is 36.4 Å². The summed E-state index contributed by atoms with van der Waals surface area (Å²) < 4.78 is 10.7. The van der Waals surface area contributed by atoms with Crippen LogP contribution in [0.2, 0.25) is 0 Å². The Labute approximate surface area is 121 Å². The number of nitrogens with one attached hydrogen (secondary N) is 1. The number of nitriles is 1. The zero-order valence-electron chi connectivity index (χ0n) is 12.0. The highest BCUT2D eigenvalue weighted by molar-refractivity contribution is 5.29. The lowest BCUT2D eigenvalue weighted by Gasteiger charge is -2.14. The molecule has 1 unspecified atom stereocenters. The second kappa shape index (κ2) is 10.0. The van der Waals surface area contributed by atoms with Gasteiger partial charge in [-0.2, -0.15) is 5.26 Å². The first-order chi connectivity index (χ1) is 9.77. The van der Waals surface area contributed by atoms with Crippen molar-refractivity contribution in [3.05, 3.63) is 42.5 Å². The van der Waals surface area contributed by atoms with Gasteiger partial charge in [-0.05, 0) is 31.0 Å². The van der Waals surface area contributed by atoms with Crippen LogP contribution in [-0.4, -0.2) is 26.4 Å². The Morgan fingerprint density at radius 2 is 2.10 bits per heavy atom. The summed E-state index contributed by atoms with van der Waals surface area (Å²) in [6.45, 7) is 8.07. The van der Waals surface area contributed by atoms with Gasteiger partial charge in [-0.1, -0.05) is 18.2 Å². The standard InChI is InChI=1S/C16H22N2O2/c1-3-4-11-19-13-10-18-14(2)15-5-7-16(8-6-15)20-12-9-17/h3,5-8,14,18H,1,4,10-13H2,2H3. The molecule has 1 aromatic carbocycles. The van der Waals surface area contributed by atoms with Crippen LogP contribution in [0.15, 0.2) is 36.9 Å². The summed E-state index contributed by atoms with van der Waals surface area (Å²) in [7, 11) is 0. The van der Waals surface area contributed by atoms with E-state index in [1.54, 1.807) is 0 Å². The molecule has 0 bridgehead atoms. The molecule has 0 aliphatic carbocycles. The lowest BCUT2D eigenvalue weighted by molar-refractivity contribution is 0.138. The Kier molecular flexibility index (Phi) is 8.13. The molecule has 1 rings (SSSR count). The minimum absolute atomic E-state index is 0.0786. The maximum absolute atomic E-state index is 8.44. The van der Waals surface area contributed by atoms with Gasteiger partial charge in [0, 0.05) is 12.6 Å². The van der Waals surface area contributed by atoms with E-state index in [2.05, 4.69) is 18.8 Å². The van der Waals surface area contributed by atoms with E-state index in [0.717, 1.165) is 25.3 Å². The fraction of sp³-hybridized carbons (Fsp3) is 0.438. The van der Waals surface area contributed by atoms with E-state index in [1.165, 1.54) is 5.56 Å². The molecule has 20 heavy (non-hydrogen) atoms. The topological polar surface area (TPSA) is 54.3 Å². The van der Waals surface area contributed by atoms with E-state index in [0.29, 0.717) is 6.61 Å². The molecule has 1 atom stereocenters. The minimum Gasteiger partial charge on any atom is -0.479 e. The van der Waals surface area contributed by atoms with Crippen LogP contribution in [0.5, 0.6) is 5.75 Å². The predicted molar refractivity (Wildman–Crippen MR) is 79.6 cm³/mol. The molecule has 108 valence electrons. The van der Waals surface area contributed by atoms with Crippen molar-refractivity contribution >= 4 is 0 Å². The van der Waals surface area contributed by atoms with Crippen molar-refractivity contribution in [3.8, 4) is 11.8 Å². The highest BCUT2D eigenvalue weighted by atomic mass is 16.5. The SMILES string of the molecule is C=CCCOCCNC(C)c1ccc(OCC#N)cc1. The number of benzene rings is 1. The summed E-state index contributed by atoms with van der Waals surface area (Å²) >= 11 is 0. The maximum Gasteiger partial charge on any atom is 0.174 e. The van der Waals surface area contributed by atoms with Crippen LogP contribution in [0.1, 0.15) is 24.9 Å². The van der Waals surface area contributed by atoms with Crippen LogP contribution in [-0.2, 0) is 4.74 Å². The Morgan fingerprint density at radius 3 is 2.75 bits per heavy atom. The molecule has 4 heteroatoms. The molecule has 1 N–H and O–H groups in total. The number of hydrogen-bond donors (Lipinski definition) is 1. The van der Waals surface area contributed by atoms with Gasteiger partial charge in [-0.25, -0.2) is 0 Å². The molecule has 0 fully saturated rings. The van der Waals surface area contributed by atoms with Crippen molar-refractivity contribution in [2.24, 2.45) is 0 Å². The minimum atomic E-state index is 0.0786. The van der Waals surface area contributed by atoms with Crippen LogP contribution in [0.3, 0.4) is 0 Å². The Bertz CT molecular complexity index is 423. The first kappa shape index (κ1) is 16.2. The van der Waals surface area contributed by atoms with Crippen LogP contribution < -0.4 is 10.1 Å². The average Bonchev–Trinajstić information content (AvgIpc) is 2.49. The average molecular weight is 274 g/mol. The second-order valence-electron chi connectivity index (χ2n) is 4.38. The summed E-state index contributed by atoms with van der Waals surface area (Å²) in [5.74, 6) is 0.718. The number of hydrogen-bond acceptors (Lipinski definition) is 4. The molecule has 0 saturated carbocycles. The van der Waals surface area contributed by atoms with Crippen molar-refractivity contribution in [2.75, 3.05) is 26.4 Å². The van der Waals surface area contributed by atoms with E-state index in [4.69, 9.17) is 14.7 Å². The largest absolute Gasteiger partial charge is 0.479 e. The molecule has 0 aromatic heterocycles. The van der Waals surface area contributed by atoms with Crippen molar-refractivity contribution in [1.29, 1.82) is 5.26 Å². The fourth-order valence-corrected chi connectivity index (χ4v) is 1.70. The van der Waals surface area contributed by atoms with E-state index in [-0.39, 0.29) is 12.6 Å². The van der Waals surface area contributed by atoms with Crippen molar-refractivity contribution in [1.82, 2.24) is 5.32 Å². The third-order valence-electron chi connectivity index (χ3n) is 2.85. The van der Waals surface area contributed by atoms with Crippen molar-refractivity contribution in [3.63, 3.8) is 0 Å². The lowest BCUT2D eigenvalue weighted by atomic mass is 10.1. The van der Waals surface area contributed by atoms with Crippen molar-refractivity contribution in [2.45, 2.75) is 19.4 Å². The molecular formula is C16H22N2O2. The van der Waals surface area contributed by atoms with Crippen LogP contribution in [0, 0.1) is 11.3 Å². The first-order valence-corrected chi connectivity index (χ1v) is 6.79. The summed E-state index contributed by atoms with van der Waals surface area (Å²) in [6, 6.07) is 9.97. The lowest BCUT2D eigenvalue weighted by Crippen LogP contribution is -2.23. The van der Waals surface area contributed by atoms with E-state index < -0.39 is 0 Å². The number of ether oxygens (including phenoxy) is 2. The molecule has 0 spiro atoms. The number of rotatable bonds is 10. The molecule has 0 saturated heterocycles. The zero-order chi connectivity index (χ0) is 14.6. The molecule has 0 aliphatic rings. The smallest absolute Gasteiger partial charge is 0.174 e. The van der Waals surface area contributed by atoms with Gasteiger partial charge in [-0.3, -0.25) is 0 Å². The van der Waals surface area contributed by atoms with Gasteiger partial charge in [0.2, 0.25) is 0 Å². The zero-order valence-corrected chi connectivity index (χ0v) is 12.0. The monoisotopic (exact) mass is 274 g/mol. The van der Waals surface area contributed by atoms with Gasteiger partial charge < -0.3 is 14.8 Å².